The Kier molecular flexibility index (Phi) is 6.82. The van der Waals surface area contributed by atoms with Crippen LogP contribution < -0.4 is 0 Å². The molecule has 1 unspecified atom stereocenters. The summed E-state index contributed by atoms with van der Waals surface area (Å²) in [5, 5.41) is 10.3. The summed E-state index contributed by atoms with van der Waals surface area (Å²) >= 11 is 7.53. The molecule has 37 heavy (non-hydrogen) atoms. The van der Waals surface area contributed by atoms with Crippen LogP contribution in [-0.4, -0.2) is 9.55 Å². The van der Waals surface area contributed by atoms with E-state index in [1.807, 2.05) is 23.6 Å². The summed E-state index contributed by atoms with van der Waals surface area (Å²) in [7, 11) is 0. The number of hydrogen-bond acceptors (Lipinski definition) is 3. The SMILES string of the molecule is Cc1cc(C2(C)CCCc3nc(SCc4c(F)cc(C#N)cc4F)n(-c4ccc(F)cc4)c32)ccc1Cl. The fourth-order valence-electron chi connectivity index (χ4n) is 5.05. The molecule has 0 spiro atoms. The van der Waals surface area contributed by atoms with Crippen LogP contribution in [0.25, 0.3) is 5.69 Å². The summed E-state index contributed by atoms with van der Waals surface area (Å²) in [6, 6.07) is 16.0. The molecule has 1 aliphatic rings. The van der Waals surface area contributed by atoms with Gasteiger partial charge in [0.15, 0.2) is 5.16 Å². The van der Waals surface area contributed by atoms with E-state index in [1.165, 1.54) is 23.9 Å². The minimum absolute atomic E-state index is 0.0166. The first kappa shape index (κ1) is 25.4. The number of fused-ring (bicyclic) bond motifs is 1. The number of thioether (sulfide) groups is 1. The summed E-state index contributed by atoms with van der Waals surface area (Å²) < 4.78 is 45.1. The lowest BCUT2D eigenvalue weighted by Crippen LogP contribution is -2.31. The lowest BCUT2D eigenvalue weighted by Gasteiger charge is -2.36. The number of aryl methyl sites for hydroxylation is 2. The van der Waals surface area contributed by atoms with Gasteiger partial charge in [-0.3, -0.25) is 4.57 Å². The number of rotatable bonds is 5. The number of imidazole rings is 1. The number of aromatic nitrogens is 2. The second-order valence-corrected chi connectivity index (χ2v) is 10.8. The van der Waals surface area contributed by atoms with Crippen LogP contribution in [0.3, 0.4) is 0 Å². The third-order valence-corrected chi connectivity index (χ3v) is 8.42. The predicted octanol–water partition coefficient (Wildman–Crippen LogP) is 8.06. The molecule has 1 atom stereocenters. The Hall–Kier alpha value is -3.21. The van der Waals surface area contributed by atoms with Gasteiger partial charge in [0, 0.05) is 27.4 Å². The fourth-order valence-corrected chi connectivity index (χ4v) is 6.22. The van der Waals surface area contributed by atoms with E-state index in [2.05, 4.69) is 13.0 Å². The molecule has 3 nitrogen and oxygen atoms in total. The zero-order valence-corrected chi connectivity index (χ0v) is 21.9. The van der Waals surface area contributed by atoms with Crippen molar-refractivity contribution in [3.05, 3.63) is 111 Å². The molecule has 1 heterocycles. The monoisotopic (exact) mass is 537 g/mol. The van der Waals surface area contributed by atoms with Crippen molar-refractivity contribution in [2.75, 3.05) is 0 Å². The van der Waals surface area contributed by atoms with Crippen LogP contribution in [0, 0.1) is 35.7 Å². The number of hydrogen-bond donors (Lipinski definition) is 0. The normalized spacial score (nSPS) is 16.9. The van der Waals surface area contributed by atoms with Crippen LogP contribution in [0.15, 0.2) is 59.8 Å². The third-order valence-electron chi connectivity index (χ3n) is 7.03. The molecule has 0 N–H and O–H groups in total. The Morgan fingerprint density at radius 3 is 2.43 bits per heavy atom. The number of benzene rings is 3. The Labute approximate surface area is 222 Å². The highest BCUT2D eigenvalue weighted by atomic mass is 35.5. The summed E-state index contributed by atoms with van der Waals surface area (Å²) in [6.07, 6.45) is 2.56. The van der Waals surface area contributed by atoms with E-state index in [1.54, 1.807) is 18.2 Å². The molecule has 0 aliphatic heterocycles. The Balaban J connectivity index is 1.65. The van der Waals surface area contributed by atoms with Gasteiger partial charge in [-0.15, -0.1) is 0 Å². The van der Waals surface area contributed by atoms with Gasteiger partial charge in [-0.05, 0) is 86.7 Å². The maximum atomic E-state index is 14.6. The Morgan fingerprint density at radius 1 is 1.08 bits per heavy atom. The molecule has 1 aromatic heterocycles. The van der Waals surface area contributed by atoms with Crippen LogP contribution in [0.5, 0.6) is 0 Å². The lowest BCUT2D eigenvalue weighted by atomic mass is 9.71. The second kappa shape index (κ2) is 9.92. The van der Waals surface area contributed by atoms with Crippen LogP contribution in [0.1, 0.15) is 53.4 Å². The van der Waals surface area contributed by atoms with E-state index in [0.29, 0.717) is 10.2 Å². The van der Waals surface area contributed by atoms with Crippen molar-refractivity contribution in [2.24, 2.45) is 0 Å². The van der Waals surface area contributed by atoms with E-state index in [0.717, 1.165) is 59.6 Å². The number of nitriles is 1. The van der Waals surface area contributed by atoms with Gasteiger partial charge in [-0.1, -0.05) is 35.5 Å². The van der Waals surface area contributed by atoms with Crippen LogP contribution >= 0.6 is 23.4 Å². The highest BCUT2D eigenvalue weighted by molar-refractivity contribution is 7.98. The molecule has 0 fully saturated rings. The van der Waals surface area contributed by atoms with Crippen LogP contribution in [0.4, 0.5) is 13.2 Å². The highest BCUT2D eigenvalue weighted by Crippen LogP contribution is 2.46. The maximum absolute atomic E-state index is 14.6. The van der Waals surface area contributed by atoms with Crippen molar-refractivity contribution in [3.63, 3.8) is 0 Å². The first-order chi connectivity index (χ1) is 17.7. The van der Waals surface area contributed by atoms with Gasteiger partial charge in [-0.2, -0.15) is 5.26 Å². The van der Waals surface area contributed by atoms with Crippen molar-refractivity contribution < 1.29 is 13.2 Å². The molecule has 4 aromatic rings. The molecule has 0 saturated carbocycles. The molecular weight excluding hydrogens is 515 g/mol. The molecule has 5 rings (SSSR count). The molecule has 1 aliphatic carbocycles. The van der Waals surface area contributed by atoms with Crippen LogP contribution in [-0.2, 0) is 17.6 Å². The van der Waals surface area contributed by atoms with Crippen molar-refractivity contribution >= 4 is 23.4 Å². The van der Waals surface area contributed by atoms with Crippen LogP contribution in [0.2, 0.25) is 5.02 Å². The first-order valence-corrected chi connectivity index (χ1v) is 13.2. The van der Waals surface area contributed by atoms with Gasteiger partial charge in [0.1, 0.15) is 17.5 Å². The summed E-state index contributed by atoms with van der Waals surface area (Å²) in [4.78, 5) is 4.93. The fraction of sp³-hybridized carbons (Fsp3) is 0.241. The first-order valence-electron chi connectivity index (χ1n) is 11.9. The van der Waals surface area contributed by atoms with Gasteiger partial charge in [-0.25, -0.2) is 18.2 Å². The van der Waals surface area contributed by atoms with Gasteiger partial charge in [0.2, 0.25) is 0 Å². The number of halogens is 4. The molecule has 0 radical (unpaired) electrons. The van der Waals surface area contributed by atoms with E-state index >= 15 is 0 Å². The van der Waals surface area contributed by atoms with E-state index in [9.17, 15) is 13.2 Å². The van der Waals surface area contributed by atoms with Crippen molar-refractivity contribution in [2.45, 2.75) is 49.4 Å². The largest absolute Gasteiger partial charge is 0.291 e. The topological polar surface area (TPSA) is 41.6 Å². The summed E-state index contributed by atoms with van der Waals surface area (Å²) in [5.41, 5.74) is 4.09. The molecule has 8 heteroatoms. The smallest absolute Gasteiger partial charge is 0.173 e. The minimum Gasteiger partial charge on any atom is -0.291 e. The molecule has 188 valence electrons. The average Bonchev–Trinajstić information content (AvgIpc) is 3.25. The average molecular weight is 538 g/mol. The van der Waals surface area contributed by atoms with Gasteiger partial charge in [0.05, 0.1) is 23.0 Å². The van der Waals surface area contributed by atoms with E-state index < -0.39 is 17.0 Å². The Bertz CT molecular complexity index is 1520. The van der Waals surface area contributed by atoms with E-state index in [4.69, 9.17) is 21.8 Å². The zero-order chi connectivity index (χ0) is 26.3. The second-order valence-electron chi connectivity index (χ2n) is 9.47. The lowest BCUT2D eigenvalue weighted by molar-refractivity contribution is 0.442. The molecule has 0 saturated heterocycles. The summed E-state index contributed by atoms with van der Waals surface area (Å²) in [5.74, 6) is -1.91. The zero-order valence-electron chi connectivity index (χ0n) is 20.3. The Morgan fingerprint density at radius 2 is 1.78 bits per heavy atom. The van der Waals surface area contributed by atoms with Gasteiger partial charge >= 0.3 is 0 Å². The standard InChI is InChI=1S/C29H23ClF3N3S/c1-17-12-19(5-10-23(17)30)29(2)11-3-4-26-27(29)36(21-8-6-20(31)7-9-21)28(35-26)37-16-22-24(32)13-18(15-34)14-25(22)33/h5-10,12-14H,3-4,11,16H2,1-2H3. The van der Waals surface area contributed by atoms with Crippen molar-refractivity contribution in [1.82, 2.24) is 9.55 Å². The quantitative estimate of drug-likeness (QED) is 0.242. The molecular formula is C29H23ClF3N3S. The third kappa shape index (κ3) is 4.65. The maximum Gasteiger partial charge on any atom is 0.173 e. The molecule has 0 bridgehead atoms. The van der Waals surface area contributed by atoms with Gasteiger partial charge < -0.3 is 0 Å². The number of nitrogens with zero attached hydrogens (tertiary/aromatic N) is 3. The van der Waals surface area contributed by atoms with Crippen molar-refractivity contribution in [1.29, 1.82) is 5.26 Å². The summed E-state index contributed by atoms with van der Waals surface area (Å²) in [6.45, 7) is 4.14. The highest BCUT2D eigenvalue weighted by Gasteiger charge is 2.39. The predicted molar refractivity (Wildman–Crippen MR) is 140 cm³/mol. The molecule has 0 amide bonds. The van der Waals surface area contributed by atoms with E-state index in [-0.39, 0.29) is 22.7 Å². The molecule has 3 aromatic carbocycles. The van der Waals surface area contributed by atoms with Gasteiger partial charge in [0.25, 0.3) is 0 Å². The minimum atomic E-state index is -0.768. The van der Waals surface area contributed by atoms with Crippen molar-refractivity contribution in [3.8, 4) is 11.8 Å².